The van der Waals surface area contributed by atoms with E-state index in [1.807, 2.05) is 0 Å². The van der Waals surface area contributed by atoms with Crippen molar-refractivity contribution in [3.8, 4) is 0 Å². The van der Waals surface area contributed by atoms with Crippen LogP contribution in [-0.4, -0.2) is 23.7 Å². The van der Waals surface area contributed by atoms with Crippen LogP contribution in [0.1, 0.15) is 188 Å². The first-order chi connectivity index (χ1) is 21.8. The molecule has 0 aromatic heterocycles. The van der Waals surface area contributed by atoms with Crippen LogP contribution in [0.25, 0.3) is 0 Å². The van der Waals surface area contributed by atoms with Crippen LogP contribution in [0.3, 0.4) is 0 Å². The molecule has 0 aliphatic heterocycles. The Morgan fingerprint density at radius 2 is 1.40 bits per heavy atom. The molecule has 3 heteroatoms. The zero-order chi connectivity index (χ0) is 32.1. The molecule has 260 valence electrons. The molecule has 0 heterocycles. The highest BCUT2D eigenvalue weighted by Gasteiger charge is 2.60. The van der Waals surface area contributed by atoms with Crippen LogP contribution >= 0.6 is 0 Å². The number of rotatable bonds is 20. The number of nitrogens with one attached hydrogen (secondary N) is 1. The Morgan fingerprint density at radius 3 is 2.11 bits per heavy atom. The quantitative estimate of drug-likeness (QED) is 0.104. The molecule has 4 aliphatic rings. The van der Waals surface area contributed by atoms with Crippen molar-refractivity contribution in [2.45, 2.75) is 194 Å². The summed E-state index contributed by atoms with van der Waals surface area (Å²) in [4.78, 5) is 12.7. The number of carbonyl (C=O) groups is 1. The molecule has 0 saturated heterocycles. The van der Waals surface area contributed by atoms with E-state index >= 15 is 0 Å². The van der Waals surface area contributed by atoms with Crippen molar-refractivity contribution in [3.05, 3.63) is 12.2 Å². The number of aliphatic hydroxyl groups is 1. The van der Waals surface area contributed by atoms with E-state index in [0.29, 0.717) is 23.2 Å². The van der Waals surface area contributed by atoms with Crippen molar-refractivity contribution in [1.82, 2.24) is 5.32 Å². The van der Waals surface area contributed by atoms with Crippen molar-refractivity contribution >= 4 is 5.91 Å². The van der Waals surface area contributed by atoms with Crippen LogP contribution in [0.5, 0.6) is 0 Å². The molecule has 0 spiro atoms. The molecule has 2 N–H and O–H groups in total. The predicted molar refractivity (Wildman–Crippen MR) is 192 cm³/mol. The van der Waals surface area contributed by atoms with Crippen molar-refractivity contribution < 1.29 is 9.90 Å². The number of hydrogen-bond donors (Lipinski definition) is 2. The molecular formula is C42H75NO2. The minimum Gasteiger partial charge on any atom is -0.393 e. The fraction of sp³-hybridized carbons (Fsp3) is 0.929. The molecule has 3 nitrogen and oxygen atoms in total. The van der Waals surface area contributed by atoms with Gasteiger partial charge >= 0.3 is 0 Å². The molecule has 0 aromatic rings. The number of allylic oxidation sites excluding steroid dienone is 2. The summed E-state index contributed by atoms with van der Waals surface area (Å²) in [7, 11) is 0. The summed E-state index contributed by atoms with van der Waals surface area (Å²) in [6.07, 6.45) is 36.7. The average molecular weight is 626 g/mol. The van der Waals surface area contributed by atoms with E-state index in [9.17, 15) is 9.90 Å². The van der Waals surface area contributed by atoms with Crippen molar-refractivity contribution in [1.29, 1.82) is 0 Å². The van der Waals surface area contributed by atoms with E-state index in [0.717, 1.165) is 61.8 Å². The third-order valence-corrected chi connectivity index (χ3v) is 14.2. The Morgan fingerprint density at radius 1 is 0.778 bits per heavy atom. The lowest BCUT2D eigenvalue weighted by atomic mass is 9.44. The smallest absolute Gasteiger partial charge is 0.220 e. The van der Waals surface area contributed by atoms with E-state index in [1.165, 1.54) is 128 Å². The zero-order valence-electron chi connectivity index (χ0n) is 30.4. The van der Waals surface area contributed by atoms with Crippen molar-refractivity contribution in [2.24, 2.45) is 46.3 Å². The number of carbonyl (C=O) groups excluding carboxylic acids is 1. The number of amides is 1. The van der Waals surface area contributed by atoms with Crippen LogP contribution in [0.2, 0.25) is 0 Å². The summed E-state index contributed by atoms with van der Waals surface area (Å²) in [5, 5.41) is 13.6. The average Bonchev–Trinajstić information content (AvgIpc) is 3.39. The highest BCUT2D eigenvalue weighted by Crippen LogP contribution is 2.68. The Kier molecular flexibility index (Phi) is 15.3. The van der Waals surface area contributed by atoms with Gasteiger partial charge in [0.2, 0.25) is 5.91 Å². The summed E-state index contributed by atoms with van der Waals surface area (Å²) in [5.41, 5.74) is 0.938. The molecule has 0 bridgehead atoms. The number of fused-ring (bicyclic) bond motifs is 5. The van der Waals surface area contributed by atoms with Gasteiger partial charge < -0.3 is 10.4 Å². The van der Waals surface area contributed by atoms with Gasteiger partial charge in [-0.15, -0.1) is 0 Å². The third kappa shape index (κ3) is 10.1. The summed E-state index contributed by atoms with van der Waals surface area (Å²) in [6, 6.07) is 0. The van der Waals surface area contributed by atoms with E-state index in [2.05, 4.69) is 45.2 Å². The van der Waals surface area contributed by atoms with Crippen LogP contribution in [0.15, 0.2) is 12.2 Å². The lowest BCUT2D eigenvalue weighted by molar-refractivity contribution is -0.129. The van der Waals surface area contributed by atoms with Crippen LogP contribution in [0.4, 0.5) is 0 Å². The minimum atomic E-state index is -0.0469. The molecule has 4 aliphatic carbocycles. The lowest BCUT2D eigenvalue weighted by Crippen LogP contribution is -2.54. The maximum Gasteiger partial charge on any atom is 0.220 e. The number of unbranched alkanes of at least 4 members (excludes halogenated alkanes) is 12. The van der Waals surface area contributed by atoms with Gasteiger partial charge in [-0.3, -0.25) is 4.79 Å². The van der Waals surface area contributed by atoms with E-state index in [-0.39, 0.29) is 12.0 Å². The van der Waals surface area contributed by atoms with Gasteiger partial charge in [0.25, 0.3) is 0 Å². The molecular weight excluding hydrogens is 550 g/mol. The molecule has 0 radical (unpaired) electrons. The summed E-state index contributed by atoms with van der Waals surface area (Å²) in [6.45, 7) is 10.9. The molecule has 4 rings (SSSR count). The first kappa shape index (κ1) is 37.0. The normalized spacial score (nSPS) is 35.1. The predicted octanol–water partition coefficient (Wildman–Crippen LogP) is 11.6. The van der Waals surface area contributed by atoms with Crippen molar-refractivity contribution in [3.63, 3.8) is 0 Å². The standard InChI is InChI=1S/C42H75NO2/c1-5-6-7-8-9-10-11-12-13-14-15-16-17-18-19-20-31-43-40(45)26-21-33(2)37-24-25-38-36-23-22-34-32-35(44)27-29-41(34,3)39(36)28-30-42(37,38)4/h12-13,33-39,44H,5-11,14-32H2,1-4H3,(H,43,45)/b13-12-/t33-,34?,35-,36?,37-,38?,39?,41+,42-/m1/s1. The van der Waals surface area contributed by atoms with Gasteiger partial charge in [0.05, 0.1) is 6.10 Å². The van der Waals surface area contributed by atoms with Gasteiger partial charge in [-0.25, -0.2) is 0 Å². The Balaban J connectivity index is 1.03. The largest absolute Gasteiger partial charge is 0.393 e. The minimum absolute atomic E-state index is 0.0469. The van der Waals surface area contributed by atoms with Gasteiger partial charge in [-0.05, 0) is 143 Å². The molecule has 1 amide bonds. The first-order valence-corrected chi connectivity index (χ1v) is 20.4. The van der Waals surface area contributed by atoms with Crippen LogP contribution in [0, 0.1) is 46.3 Å². The SMILES string of the molecule is CCCCCCCC/C=C\CCCCCCCCNC(=O)CC[C@@H](C)[C@H]1CCC2C3CCC4C[C@H](O)CC[C@]4(C)C3CC[C@@]21C. The van der Waals surface area contributed by atoms with Gasteiger partial charge in [-0.2, -0.15) is 0 Å². The second-order valence-electron chi connectivity index (χ2n) is 17.1. The molecule has 4 fully saturated rings. The molecule has 45 heavy (non-hydrogen) atoms. The monoisotopic (exact) mass is 626 g/mol. The van der Waals surface area contributed by atoms with E-state index < -0.39 is 0 Å². The van der Waals surface area contributed by atoms with Gasteiger partial charge in [0.15, 0.2) is 0 Å². The maximum absolute atomic E-state index is 12.7. The molecule has 9 atom stereocenters. The lowest BCUT2D eigenvalue weighted by Gasteiger charge is -2.61. The van der Waals surface area contributed by atoms with Gasteiger partial charge in [-0.1, -0.05) is 97.6 Å². The maximum atomic E-state index is 12.7. The van der Waals surface area contributed by atoms with Gasteiger partial charge in [0.1, 0.15) is 0 Å². The molecule has 4 unspecified atom stereocenters. The number of aliphatic hydroxyl groups excluding tert-OH is 1. The zero-order valence-corrected chi connectivity index (χ0v) is 30.4. The fourth-order valence-corrected chi connectivity index (χ4v) is 11.5. The molecule has 0 aromatic carbocycles. The Labute approximate surface area is 279 Å². The highest BCUT2D eigenvalue weighted by molar-refractivity contribution is 5.75. The topological polar surface area (TPSA) is 49.3 Å². The fourth-order valence-electron chi connectivity index (χ4n) is 11.5. The van der Waals surface area contributed by atoms with Crippen molar-refractivity contribution in [2.75, 3.05) is 6.54 Å². The molecule has 4 saturated carbocycles. The first-order valence-electron chi connectivity index (χ1n) is 20.4. The summed E-state index contributed by atoms with van der Waals surface area (Å²) >= 11 is 0. The third-order valence-electron chi connectivity index (χ3n) is 14.2. The van der Waals surface area contributed by atoms with Crippen LogP contribution < -0.4 is 5.32 Å². The second-order valence-corrected chi connectivity index (χ2v) is 17.1. The summed E-state index contributed by atoms with van der Waals surface area (Å²) in [5.74, 6) is 5.12. The van der Waals surface area contributed by atoms with Gasteiger partial charge in [0, 0.05) is 13.0 Å². The Hall–Kier alpha value is -0.830. The Bertz CT molecular complexity index is 884. The second kappa shape index (κ2) is 18.6. The van der Waals surface area contributed by atoms with Crippen LogP contribution in [-0.2, 0) is 4.79 Å². The number of hydrogen-bond acceptors (Lipinski definition) is 2. The summed E-state index contributed by atoms with van der Waals surface area (Å²) < 4.78 is 0. The van der Waals surface area contributed by atoms with E-state index in [4.69, 9.17) is 0 Å². The van der Waals surface area contributed by atoms with E-state index in [1.54, 1.807) is 0 Å². The highest BCUT2D eigenvalue weighted by atomic mass is 16.3.